The van der Waals surface area contributed by atoms with Gasteiger partial charge in [-0.05, 0) is 67.1 Å². The van der Waals surface area contributed by atoms with Gasteiger partial charge in [0.2, 0.25) is 0 Å². The lowest BCUT2D eigenvalue weighted by Gasteiger charge is -2.23. The van der Waals surface area contributed by atoms with Crippen molar-refractivity contribution in [2.24, 2.45) is 0 Å². The van der Waals surface area contributed by atoms with Gasteiger partial charge in [-0.3, -0.25) is 14.5 Å². The highest BCUT2D eigenvalue weighted by molar-refractivity contribution is 7.22. The Hall–Kier alpha value is -4.11. The van der Waals surface area contributed by atoms with Crippen molar-refractivity contribution in [1.29, 1.82) is 0 Å². The van der Waals surface area contributed by atoms with E-state index in [1.54, 1.807) is 24.3 Å². The Morgan fingerprint density at radius 1 is 1.06 bits per heavy atom. The molecule has 3 aromatic carbocycles. The van der Waals surface area contributed by atoms with Crippen molar-refractivity contribution < 1.29 is 28.2 Å². The molecular weight excluding hydrogens is 474 g/mol. The molecule has 1 aliphatic rings. The fourth-order valence-corrected chi connectivity index (χ4v) is 5.06. The minimum absolute atomic E-state index is 0.149. The second-order valence-electron chi connectivity index (χ2n) is 7.79. The van der Waals surface area contributed by atoms with Gasteiger partial charge >= 0.3 is 5.91 Å². The number of anilines is 1. The maximum Gasteiger partial charge on any atom is 0.301 e. The lowest BCUT2D eigenvalue weighted by molar-refractivity contribution is -0.132. The van der Waals surface area contributed by atoms with E-state index in [1.165, 1.54) is 41.7 Å². The smallest absolute Gasteiger partial charge is 0.301 e. The molecule has 0 aliphatic carbocycles. The number of carbonyl (C=O) groups is 2. The molecule has 1 atom stereocenters. The van der Waals surface area contributed by atoms with Crippen molar-refractivity contribution in [3.05, 3.63) is 95.1 Å². The Kier molecular flexibility index (Phi) is 5.78. The molecule has 1 aliphatic heterocycles. The van der Waals surface area contributed by atoms with E-state index in [0.717, 1.165) is 21.7 Å². The largest absolute Gasteiger partial charge is 0.507 e. The van der Waals surface area contributed by atoms with Gasteiger partial charge in [-0.2, -0.15) is 0 Å². The molecule has 35 heavy (non-hydrogen) atoms. The average Bonchev–Trinajstić information content (AvgIpc) is 3.37. The highest BCUT2D eigenvalue weighted by Gasteiger charge is 2.48. The summed E-state index contributed by atoms with van der Waals surface area (Å²) >= 11 is 1.17. The number of hydrogen-bond acceptors (Lipinski definition) is 6. The van der Waals surface area contributed by atoms with Crippen LogP contribution in [0.4, 0.5) is 13.9 Å². The number of rotatable bonds is 5. The molecule has 0 radical (unpaired) electrons. The number of nitrogens with zero attached hydrogens (tertiary/aromatic N) is 2. The van der Waals surface area contributed by atoms with Gasteiger partial charge in [-0.1, -0.05) is 23.5 Å². The van der Waals surface area contributed by atoms with Crippen molar-refractivity contribution in [3.8, 4) is 5.75 Å². The predicted octanol–water partition coefficient (Wildman–Crippen LogP) is 5.60. The third kappa shape index (κ3) is 4.04. The number of halogens is 2. The topological polar surface area (TPSA) is 79.7 Å². The van der Waals surface area contributed by atoms with Gasteiger partial charge < -0.3 is 9.84 Å². The Bertz CT molecular complexity index is 1500. The minimum Gasteiger partial charge on any atom is -0.507 e. The number of aromatic nitrogens is 1. The summed E-state index contributed by atoms with van der Waals surface area (Å²) in [6.07, 6.45) is 0. The Morgan fingerprint density at radius 3 is 2.54 bits per heavy atom. The molecule has 176 valence electrons. The van der Waals surface area contributed by atoms with E-state index in [0.29, 0.717) is 17.9 Å². The number of Topliss-reactive ketones (excluding diaryl/α,β-unsaturated/α-hetero) is 1. The van der Waals surface area contributed by atoms with E-state index in [-0.39, 0.29) is 21.8 Å². The zero-order valence-electron chi connectivity index (χ0n) is 18.4. The summed E-state index contributed by atoms with van der Waals surface area (Å²) in [4.78, 5) is 32.1. The molecule has 1 amide bonds. The first-order valence-electron chi connectivity index (χ1n) is 10.7. The summed E-state index contributed by atoms with van der Waals surface area (Å²) in [5, 5.41) is 11.2. The second kappa shape index (κ2) is 8.92. The van der Waals surface area contributed by atoms with Gasteiger partial charge in [-0.25, -0.2) is 13.8 Å². The maximum atomic E-state index is 14.2. The third-order valence-corrected chi connectivity index (χ3v) is 6.61. The van der Waals surface area contributed by atoms with Crippen LogP contribution in [0.5, 0.6) is 5.75 Å². The first-order valence-corrected chi connectivity index (χ1v) is 11.5. The predicted molar refractivity (Wildman–Crippen MR) is 128 cm³/mol. The molecule has 1 N–H and O–H groups in total. The van der Waals surface area contributed by atoms with Crippen LogP contribution in [-0.2, 0) is 9.59 Å². The summed E-state index contributed by atoms with van der Waals surface area (Å²) in [7, 11) is 0. The lowest BCUT2D eigenvalue weighted by Crippen LogP contribution is -2.29. The molecule has 5 rings (SSSR count). The molecular formula is C26H18F2N2O4S. The molecule has 6 nitrogen and oxygen atoms in total. The first kappa shape index (κ1) is 22.7. The number of carbonyl (C=O) groups excluding carboxylic acids is 2. The van der Waals surface area contributed by atoms with Gasteiger partial charge in [0.25, 0.3) is 5.78 Å². The quantitative estimate of drug-likeness (QED) is 0.223. The number of ether oxygens (including phenoxy) is 1. The molecule has 1 fully saturated rings. The van der Waals surface area contributed by atoms with Crippen LogP contribution in [0.15, 0.2) is 72.3 Å². The minimum atomic E-state index is -1.14. The number of amides is 1. The SMILES string of the molecule is CCOc1ccc2nc(N3C(=O)C(=O)C(=C(O)c4ccc(F)cc4)[C@@H]3c3cccc(F)c3)sc2c1. The number of benzene rings is 3. The van der Waals surface area contributed by atoms with Gasteiger partial charge in [0.1, 0.15) is 23.1 Å². The van der Waals surface area contributed by atoms with Crippen LogP contribution < -0.4 is 9.64 Å². The number of ketones is 1. The van der Waals surface area contributed by atoms with Crippen LogP contribution in [-0.4, -0.2) is 28.4 Å². The zero-order valence-corrected chi connectivity index (χ0v) is 19.2. The van der Waals surface area contributed by atoms with E-state index in [2.05, 4.69) is 4.98 Å². The van der Waals surface area contributed by atoms with Crippen LogP contribution in [0.25, 0.3) is 16.0 Å². The van der Waals surface area contributed by atoms with Gasteiger partial charge in [0, 0.05) is 5.56 Å². The fourth-order valence-electron chi connectivity index (χ4n) is 4.04. The second-order valence-corrected chi connectivity index (χ2v) is 8.80. The molecule has 2 heterocycles. The molecule has 0 unspecified atom stereocenters. The maximum absolute atomic E-state index is 14.2. The van der Waals surface area contributed by atoms with Crippen LogP contribution >= 0.6 is 11.3 Å². The fraction of sp³-hybridized carbons (Fsp3) is 0.115. The highest BCUT2D eigenvalue weighted by Crippen LogP contribution is 2.44. The standard InChI is InChI=1S/C26H18F2N2O4S/c1-2-34-18-10-11-19-20(13-18)35-26(29-19)30-22(15-4-3-5-17(28)12-15)21(24(32)25(30)33)23(31)14-6-8-16(27)9-7-14/h3-13,22,31H,2H2,1H3/t22-/m0/s1. The highest BCUT2D eigenvalue weighted by atomic mass is 32.1. The first-order chi connectivity index (χ1) is 16.9. The summed E-state index contributed by atoms with van der Waals surface area (Å²) in [6, 6.07) is 14.5. The monoisotopic (exact) mass is 492 g/mol. The Balaban J connectivity index is 1.70. The summed E-state index contributed by atoms with van der Waals surface area (Å²) in [5.74, 6) is -2.80. The zero-order chi connectivity index (χ0) is 24.7. The molecule has 1 aromatic heterocycles. The molecule has 0 saturated carbocycles. The van der Waals surface area contributed by atoms with Crippen molar-refractivity contribution >= 4 is 44.1 Å². The van der Waals surface area contributed by atoms with Gasteiger partial charge in [0.15, 0.2) is 5.13 Å². The van der Waals surface area contributed by atoms with Crippen LogP contribution in [0, 0.1) is 11.6 Å². The molecule has 9 heteroatoms. The van der Waals surface area contributed by atoms with Gasteiger partial charge in [-0.15, -0.1) is 0 Å². The Labute approximate surface area is 202 Å². The normalized spacial score (nSPS) is 17.3. The summed E-state index contributed by atoms with van der Waals surface area (Å²) < 4.78 is 33.9. The van der Waals surface area contributed by atoms with E-state index >= 15 is 0 Å². The Morgan fingerprint density at radius 2 is 1.83 bits per heavy atom. The van der Waals surface area contributed by atoms with E-state index in [4.69, 9.17) is 4.74 Å². The average molecular weight is 493 g/mol. The molecule has 0 bridgehead atoms. The van der Waals surface area contributed by atoms with Crippen molar-refractivity contribution in [2.45, 2.75) is 13.0 Å². The van der Waals surface area contributed by atoms with E-state index < -0.39 is 35.1 Å². The van der Waals surface area contributed by atoms with Crippen molar-refractivity contribution in [1.82, 2.24) is 4.98 Å². The van der Waals surface area contributed by atoms with Crippen molar-refractivity contribution in [2.75, 3.05) is 11.5 Å². The van der Waals surface area contributed by atoms with Crippen LogP contribution in [0.1, 0.15) is 24.1 Å². The number of thiazole rings is 1. The van der Waals surface area contributed by atoms with Crippen molar-refractivity contribution in [3.63, 3.8) is 0 Å². The third-order valence-electron chi connectivity index (χ3n) is 5.59. The summed E-state index contributed by atoms with van der Waals surface area (Å²) in [6.45, 7) is 2.34. The number of fused-ring (bicyclic) bond motifs is 1. The number of aliphatic hydroxyl groups excluding tert-OH is 1. The molecule has 4 aromatic rings. The number of hydrogen-bond donors (Lipinski definition) is 1. The van der Waals surface area contributed by atoms with E-state index in [9.17, 15) is 23.5 Å². The lowest BCUT2D eigenvalue weighted by atomic mass is 9.95. The molecule has 1 saturated heterocycles. The number of aliphatic hydroxyl groups is 1. The van der Waals surface area contributed by atoms with Gasteiger partial charge in [0.05, 0.1) is 28.4 Å². The summed E-state index contributed by atoms with van der Waals surface area (Å²) in [5.41, 5.74) is 0.784. The van der Waals surface area contributed by atoms with E-state index in [1.807, 2.05) is 6.92 Å². The molecule has 0 spiro atoms. The van der Waals surface area contributed by atoms with Crippen LogP contribution in [0.3, 0.4) is 0 Å². The van der Waals surface area contributed by atoms with Crippen LogP contribution in [0.2, 0.25) is 0 Å².